The van der Waals surface area contributed by atoms with Gasteiger partial charge in [-0.3, -0.25) is 19.4 Å². The molecule has 0 aliphatic heterocycles. The fourth-order valence-corrected chi connectivity index (χ4v) is 3.60. The minimum absolute atomic E-state index is 0.00879. The van der Waals surface area contributed by atoms with E-state index < -0.39 is 0 Å². The summed E-state index contributed by atoms with van der Waals surface area (Å²) in [5.74, 6) is 0.354. The predicted octanol–water partition coefficient (Wildman–Crippen LogP) is 2.72. The number of carbonyl (C=O) groups excluding carboxylic acids is 1. The number of nitrogens with one attached hydrogen (secondary N) is 2. The van der Waals surface area contributed by atoms with Gasteiger partial charge >= 0.3 is 0 Å². The molecule has 8 nitrogen and oxygen atoms in total. The van der Waals surface area contributed by atoms with Crippen LogP contribution in [0.2, 0.25) is 0 Å². The van der Waals surface area contributed by atoms with Crippen molar-refractivity contribution in [3.63, 3.8) is 0 Å². The number of ether oxygens (including phenoxy) is 1. The van der Waals surface area contributed by atoms with E-state index in [4.69, 9.17) is 10.1 Å². The fraction of sp³-hybridized carbons (Fsp3) is 0.250. The van der Waals surface area contributed by atoms with Gasteiger partial charge in [0.15, 0.2) is 0 Å². The number of benzene rings is 1. The van der Waals surface area contributed by atoms with Crippen LogP contribution in [-0.2, 0) is 6.54 Å². The third-order valence-corrected chi connectivity index (χ3v) is 5.38. The summed E-state index contributed by atoms with van der Waals surface area (Å²) in [4.78, 5) is 30.7. The topological polar surface area (TPSA) is 101 Å². The molecule has 0 radical (unpaired) electrons. The van der Waals surface area contributed by atoms with Crippen molar-refractivity contribution >= 4 is 22.6 Å². The molecule has 8 heteroatoms. The maximum Gasteiger partial charge on any atom is 0.267 e. The first-order chi connectivity index (χ1) is 15.5. The second kappa shape index (κ2) is 9.05. The van der Waals surface area contributed by atoms with E-state index in [-0.39, 0.29) is 29.1 Å². The van der Waals surface area contributed by atoms with Gasteiger partial charge in [0.25, 0.3) is 11.5 Å². The van der Waals surface area contributed by atoms with Crippen LogP contribution in [0.3, 0.4) is 0 Å². The van der Waals surface area contributed by atoms with Crippen LogP contribution in [0.1, 0.15) is 35.7 Å². The van der Waals surface area contributed by atoms with Crippen LogP contribution >= 0.6 is 0 Å². The molecule has 164 valence electrons. The van der Waals surface area contributed by atoms with Crippen molar-refractivity contribution in [2.45, 2.75) is 26.3 Å². The zero-order chi connectivity index (χ0) is 22.7. The number of nitrogens with zero attached hydrogens (tertiary/aromatic N) is 3. The summed E-state index contributed by atoms with van der Waals surface area (Å²) < 4.78 is 8.28. The molecule has 2 N–H and O–H groups in total. The van der Waals surface area contributed by atoms with Gasteiger partial charge in [-0.1, -0.05) is 31.5 Å². The highest BCUT2D eigenvalue weighted by Crippen LogP contribution is 2.15. The van der Waals surface area contributed by atoms with Crippen LogP contribution < -0.4 is 21.1 Å². The van der Waals surface area contributed by atoms with E-state index in [1.807, 2.05) is 31.2 Å². The highest BCUT2D eigenvalue weighted by atomic mass is 16.5. The Morgan fingerprint density at radius 2 is 1.97 bits per heavy atom. The van der Waals surface area contributed by atoms with Gasteiger partial charge in [0.1, 0.15) is 22.5 Å². The van der Waals surface area contributed by atoms with Crippen LogP contribution in [0, 0.1) is 5.41 Å². The Hall–Kier alpha value is -3.94. The van der Waals surface area contributed by atoms with Gasteiger partial charge in [-0.15, -0.1) is 0 Å². The van der Waals surface area contributed by atoms with Crippen LogP contribution in [0.4, 0.5) is 0 Å². The lowest BCUT2D eigenvalue weighted by molar-refractivity contribution is 0.0950. The molecule has 0 atom stereocenters. The quantitative estimate of drug-likeness (QED) is 0.347. The molecule has 4 aromatic rings. The molecule has 0 fully saturated rings. The summed E-state index contributed by atoms with van der Waals surface area (Å²) in [6.45, 7) is 2.84. The molecule has 1 aromatic carbocycles. The summed E-state index contributed by atoms with van der Waals surface area (Å²) in [7, 11) is 1.60. The Balaban J connectivity index is 1.93. The lowest BCUT2D eigenvalue weighted by atomic mass is 10.1. The minimum Gasteiger partial charge on any atom is -0.497 e. The number of hydrogen-bond donors (Lipinski definition) is 2. The minimum atomic E-state index is -0.369. The van der Waals surface area contributed by atoms with E-state index in [0.29, 0.717) is 23.2 Å². The number of aromatic nitrogens is 3. The summed E-state index contributed by atoms with van der Waals surface area (Å²) in [5.41, 5.74) is 1.62. The molecular weight excluding hydrogens is 406 g/mol. The Labute approximate surface area is 184 Å². The van der Waals surface area contributed by atoms with E-state index in [0.717, 1.165) is 24.2 Å². The van der Waals surface area contributed by atoms with Crippen molar-refractivity contribution in [3.05, 3.63) is 81.7 Å². The Morgan fingerprint density at radius 3 is 2.69 bits per heavy atom. The maximum atomic E-state index is 13.2. The van der Waals surface area contributed by atoms with Crippen molar-refractivity contribution < 1.29 is 9.53 Å². The highest BCUT2D eigenvalue weighted by molar-refractivity contribution is 5.96. The summed E-state index contributed by atoms with van der Waals surface area (Å²) in [6, 6.07) is 14.2. The third-order valence-electron chi connectivity index (χ3n) is 5.38. The normalized spacial score (nSPS) is 11.1. The van der Waals surface area contributed by atoms with Gasteiger partial charge < -0.3 is 14.6 Å². The third kappa shape index (κ3) is 3.99. The molecule has 32 heavy (non-hydrogen) atoms. The van der Waals surface area contributed by atoms with Crippen molar-refractivity contribution in [1.29, 1.82) is 5.41 Å². The van der Waals surface area contributed by atoms with E-state index in [1.54, 1.807) is 36.1 Å². The molecule has 3 heterocycles. The van der Waals surface area contributed by atoms with Crippen molar-refractivity contribution in [3.8, 4) is 5.75 Å². The van der Waals surface area contributed by atoms with Gasteiger partial charge in [-0.25, -0.2) is 4.98 Å². The van der Waals surface area contributed by atoms with E-state index in [1.165, 1.54) is 10.5 Å². The molecule has 0 bridgehead atoms. The predicted molar refractivity (Wildman–Crippen MR) is 122 cm³/mol. The first-order valence-electron chi connectivity index (χ1n) is 10.5. The molecule has 0 unspecified atom stereocenters. The van der Waals surface area contributed by atoms with Crippen LogP contribution in [0.5, 0.6) is 5.75 Å². The average Bonchev–Trinajstić information content (AvgIpc) is 2.81. The molecular formula is C24H25N5O3. The molecule has 0 saturated heterocycles. The molecule has 0 saturated carbocycles. The zero-order valence-electron chi connectivity index (χ0n) is 18.1. The second-order valence-electron chi connectivity index (χ2n) is 7.53. The van der Waals surface area contributed by atoms with Crippen molar-refractivity contribution in [2.24, 2.45) is 0 Å². The maximum absolute atomic E-state index is 13.2. The van der Waals surface area contributed by atoms with Crippen molar-refractivity contribution in [2.75, 3.05) is 13.7 Å². The average molecular weight is 431 g/mol. The largest absolute Gasteiger partial charge is 0.497 e. The number of pyridine rings is 2. The van der Waals surface area contributed by atoms with E-state index in [9.17, 15) is 9.59 Å². The molecule has 4 rings (SSSR count). The van der Waals surface area contributed by atoms with Gasteiger partial charge in [-0.05, 0) is 42.3 Å². The monoisotopic (exact) mass is 431 g/mol. The SMILES string of the molecule is CCCCNC(=O)c1cc2c(=O)n3ccccc3nc2n(Cc2ccc(OC)cc2)c1=N. The standard InChI is InChI=1S/C24H25N5O3/c1-3-4-12-26-23(30)18-14-19-22(27-20-7-5-6-13-28(20)24(19)31)29(21(18)25)15-16-8-10-17(32-2)11-9-16/h5-11,13-14,25H,3-4,12,15H2,1-2H3,(H,26,30). The van der Waals surface area contributed by atoms with Gasteiger partial charge in [0, 0.05) is 12.7 Å². The highest BCUT2D eigenvalue weighted by Gasteiger charge is 2.17. The van der Waals surface area contributed by atoms with Crippen LogP contribution in [0.15, 0.2) is 59.5 Å². The number of amides is 1. The number of unbranched alkanes of at least 4 members (excludes halogenated alkanes) is 1. The summed E-state index contributed by atoms with van der Waals surface area (Å²) >= 11 is 0. The summed E-state index contributed by atoms with van der Waals surface area (Å²) in [6.07, 6.45) is 3.43. The zero-order valence-corrected chi connectivity index (χ0v) is 18.1. The van der Waals surface area contributed by atoms with E-state index in [2.05, 4.69) is 10.3 Å². The van der Waals surface area contributed by atoms with Crippen LogP contribution in [0.25, 0.3) is 16.7 Å². The molecule has 1 amide bonds. The number of fused-ring (bicyclic) bond motifs is 2. The molecule has 3 aromatic heterocycles. The Morgan fingerprint density at radius 1 is 1.19 bits per heavy atom. The van der Waals surface area contributed by atoms with Crippen molar-refractivity contribution in [1.82, 2.24) is 19.3 Å². The second-order valence-corrected chi connectivity index (χ2v) is 7.53. The Bertz CT molecular complexity index is 1400. The van der Waals surface area contributed by atoms with Gasteiger partial charge in [0.05, 0.1) is 24.6 Å². The molecule has 0 aliphatic rings. The number of rotatable bonds is 7. The van der Waals surface area contributed by atoms with Crippen LogP contribution in [-0.4, -0.2) is 33.5 Å². The first-order valence-corrected chi connectivity index (χ1v) is 10.5. The molecule has 0 spiro atoms. The summed E-state index contributed by atoms with van der Waals surface area (Å²) in [5, 5.41) is 11.9. The Kier molecular flexibility index (Phi) is 6.02. The molecule has 0 aliphatic carbocycles. The van der Waals surface area contributed by atoms with Gasteiger partial charge in [-0.2, -0.15) is 0 Å². The number of carbonyl (C=O) groups is 1. The lowest BCUT2D eigenvalue weighted by Gasteiger charge is -2.15. The lowest BCUT2D eigenvalue weighted by Crippen LogP contribution is -2.35. The number of methoxy groups -OCH3 is 1. The smallest absolute Gasteiger partial charge is 0.267 e. The number of hydrogen-bond acceptors (Lipinski definition) is 5. The fourth-order valence-electron chi connectivity index (χ4n) is 3.60. The first kappa shape index (κ1) is 21.3. The van der Waals surface area contributed by atoms with Gasteiger partial charge in [0.2, 0.25) is 0 Å². The van der Waals surface area contributed by atoms with E-state index >= 15 is 0 Å².